The summed E-state index contributed by atoms with van der Waals surface area (Å²) in [6.45, 7) is 4.78. The first-order valence-corrected chi connectivity index (χ1v) is 23.4. The molecule has 13 rings (SSSR count). The van der Waals surface area contributed by atoms with E-state index in [0.717, 1.165) is 12.1 Å². The van der Waals surface area contributed by atoms with Crippen LogP contribution in [-0.4, -0.2) is 6.04 Å². The minimum absolute atomic E-state index is 0.0199. The Morgan fingerprint density at radius 2 is 0.939 bits per heavy atom. The van der Waals surface area contributed by atoms with Crippen LogP contribution in [0.2, 0.25) is 0 Å². The van der Waals surface area contributed by atoms with Gasteiger partial charge in [-0.1, -0.05) is 214 Å². The van der Waals surface area contributed by atoms with Gasteiger partial charge in [0.25, 0.3) is 0 Å². The largest absolute Gasteiger partial charge is 0.333 e. The molecule has 0 bridgehead atoms. The van der Waals surface area contributed by atoms with Crippen LogP contribution in [0, 0.1) is 0 Å². The average Bonchev–Trinajstić information content (AvgIpc) is 3.80. The molecule has 4 aliphatic rings. The van der Waals surface area contributed by atoms with E-state index >= 15 is 0 Å². The first-order chi connectivity index (χ1) is 32.5. The lowest BCUT2D eigenvalue weighted by Crippen LogP contribution is -2.40. The van der Waals surface area contributed by atoms with Crippen molar-refractivity contribution in [3.8, 4) is 33.4 Å². The Bertz CT molecular complexity index is 3380. The lowest BCUT2D eigenvalue weighted by atomic mass is 9.62. The van der Waals surface area contributed by atoms with E-state index in [0.29, 0.717) is 0 Å². The van der Waals surface area contributed by atoms with Crippen molar-refractivity contribution in [1.29, 1.82) is 0 Å². The number of fused-ring (bicyclic) bond motifs is 11. The lowest BCUT2D eigenvalue weighted by Gasteiger charge is -2.47. The van der Waals surface area contributed by atoms with Crippen molar-refractivity contribution in [2.75, 3.05) is 9.80 Å². The second kappa shape index (κ2) is 14.8. The summed E-state index contributed by atoms with van der Waals surface area (Å²) in [4.78, 5) is 5.18. The number of benzene rings is 9. The second-order valence-electron chi connectivity index (χ2n) is 18.7. The van der Waals surface area contributed by atoms with Gasteiger partial charge in [0.15, 0.2) is 0 Å². The van der Waals surface area contributed by atoms with Gasteiger partial charge < -0.3 is 9.80 Å². The van der Waals surface area contributed by atoms with Gasteiger partial charge in [-0.25, -0.2) is 0 Å². The van der Waals surface area contributed by atoms with E-state index in [-0.39, 0.29) is 11.5 Å². The molecule has 9 aromatic carbocycles. The van der Waals surface area contributed by atoms with Gasteiger partial charge >= 0.3 is 0 Å². The number of anilines is 5. The number of rotatable bonds is 6. The highest BCUT2D eigenvalue weighted by Crippen LogP contribution is 2.65. The molecule has 0 radical (unpaired) electrons. The molecule has 1 atom stereocenters. The minimum atomic E-state index is -0.515. The third kappa shape index (κ3) is 5.48. The van der Waals surface area contributed by atoms with E-state index in [9.17, 15) is 0 Å². The minimum Gasteiger partial charge on any atom is -0.333 e. The molecule has 1 spiro atoms. The maximum absolute atomic E-state index is 2.70. The van der Waals surface area contributed by atoms with Crippen molar-refractivity contribution in [2.45, 2.75) is 37.1 Å². The summed E-state index contributed by atoms with van der Waals surface area (Å²) < 4.78 is 0. The summed E-state index contributed by atoms with van der Waals surface area (Å²) in [5, 5.41) is 0. The third-order valence-corrected chi connectivity index (χ3v) is 15.1. The van der Waals surface area contributed by atoms with Crippen LogP contribution in [0.15, 0.2) is 242 Å². The van der Waals surface area contributed by atoms with Crippen LogP contribution < -0.4 is 9.80 Å². The van der Waals surface area contributed by atoms with E-state index in [4.69, 9.17) is 0 Å². The Balaban J connectivity index is 1.04. The van der Waals surface area contributed by atoms with E-state index < -0.39 is 5.41 Å². The smallest absolute Gasteiger partial charge is 0.0718 e. The van der Waals surface area contributed by atoms with E-state index in [1.54, 1.807) is 0 Å². The highest BCUT2D eigenvalue weighted by molar-refractivity contribution is 5.99. The predicted molar refractivity (Wildman–Crippen MR) is 275 cm³/mol. The fourth-order valence-electron chi connectivity index (χ4n) is 12.2. The van der Waals surface area contributed by atoms with Gasteiger partial charge in [-0.15, -0.1) is 0 Å². The first kappa shape index (κ1) is 38.5. The van der Waals surface area contributed by atoms with Crippen molar-refractivity contribution >= 4 is 34.0 Å². The van der Waals surface area contributed by atoms with Crippen LogP contribution in [0.4, 0.5) is 28.4 Å². The van der Waals surface area contributed by atoms with Crippen molar-refractivity contribution in [3.63, 3.8) is 0 Å². The summed E-state index contributed by atoms with van der Waals surface area (Å²) in [6, 6.07) is 83.5. The zero-order valence-corrected chi connectivity index (χ0v) is 37.2. The molecular formula is C64H48N2. The molecular weight excluding hydrogens is 797 g/mol. The fraction of sp³-hybridized carbons (Fsp3) is 0.0938. The van der Waals surface area contributed by atoms with Gasteiger partial charge in [-0.2, -0.15) is 0 Å². The van der Waals surface area contributed by atoms with Gasteiger partial charge in [0.1, 0.15) is 0 Å². The van der Waals surface area contributed by atoms with Crippen LogP contribution >= 0.6 is 0 Å². The summed E-state index contributed by atoms with van der Waals surface area (Å²) in [7, 11) is 0. The van der Waals surface area contributed by atoms with Crippen LogP contribution in [0.25, 0.3) is 39.0 Å². The van der Waals surface area contributed by atoms with Crippen LogP contribution in [0.5, 0.6) is 0 Å². The highest BCUT2D eigenvalue weighted by atomic mass is 15.2. The molecule has 66 heavy (non-hydrogen) atoms. The molecule has 3 aliphatic carbocycles. The van der Waals surface area contributed by atoms with E-state index in [2.05, 4.69) is 260 Å². The van der Waals surface area contributed by atoms with Crippen LogP contribution in [0.3, 0.4) is 0 Å². The SMILES string of the molecule is CC1(C)c2ccccc2-c2c(N(c3ccccc3-c3ccc(-c4ccccc4)cc3)C3C=CC4=C(C3)C3(c5ccccc54)c4ccccc4N(c4ccccc4)c4ccccc43)cccc21. The molecule has 0 amide bonds. The number of para-hydroxylation sites is 4. The first-order valence-electron chi connectivity index (χ1n) is 23.4. The molecule has 2 nitrogen and oxygen atoms in total. The van der Waals surface area contributed by atoms with E-state index in [1.165, 1.54) is 101 Å². The molecule has 0 fully saturated rings. The monoisotopic (exact) mass is 844 g/mol. The zero-order valence-electron chi connectivity index (χ0n) is 37.2. The molecule has 0 saturated heterocycles. The molecule has 2 heteroatoms. The van der Waals surface area contributed by atoms with Crippen molar-refractivity contribution in [3.05, 3.63) is 276 Å². The number of allylic oxidation sites excluding steroid dienone is 2. The standard InChI is InChI=1S/C64H48N2/c1-63(2)52-27-12-10-26-51(52)62-56(63)31-19-35-61(62)66(58-32-16-11-24-48(58)45-38-36-44(37-39-45)43-20-5-3-6-21-43)47-40-41-50-49-25-9-13-28-53(49)64(57(50)42-47)54-29-14-17-33-59(54)65(46-22-7-4-8-23-46)60-34-18-15-30-55(60)64/h3-41,47H,42H2,1-2H3. The Morgan fingerprint density at radius 3 is 1.65 bits per heavy atom. The Kier molecular flexibility index (Phi) is 8.64. The lowest BCUT2D eigenvalue weighted by molar-refractivity contribution is 0.646. The molecule has 0 N–H and O–H groups in total. The summed E-state index contributed by atoms with van der Waals surface area (Å²) in [5.74, 6) is 0. The van der Waals surface area contributed by atoms with Crippen molar-refractivity contribution < 1.29 is 0 Å². The molecule has 9 aromatic rings. The molecule has 1 unspecified atom stereocenters. The average molecular weight is 845 g/mol. The van der Waals surface area contributed by atoms with Crippen molar-refractivity contribution in [2.24, 2.45) is 0 Å². The number of hydrogen-bond donors (Lipinski definition) is 0. The normalized spacial score (nSPS) is 16.5. The highest BCUT2D eigenvalue weighted by Gasteiger charge is 2.54. The second-order valence-corrected chi connectivity index (χ2v) is 18.7. The zero-order chi connectivity index (χ0) is 44.0. The molecule has 1 aliphatic heterocycles. The third-order valence-electron chi connectivity index (χ3n) is 15.1. The van der Waals surface area contributed by atoms with Crippen LogP contribution in [-0.2, 0) is 10.8 Å². The van der Waals surface area contributed by atoms with E-state index in [1.807, 2.05) is 0 Å². The Hall–Kier alpha value is -7.94. The van der Waals surface area contributed by atoms with Gasteiger partial charge in [0, 0.05) is 33.6 Å². The molecule has 314 valence electrons. The quantitative estimate of drug-likeness (QED) is 0.165. The predicted octanol–water partition coefficient (Wildman–Crippen LogP) is 16.4. The maximum Gasteiger partial charge on any atom is 0.0718 e. The van der Waals surface area contributed by atoms with Gasteiger partial charge in [-0.05, 0) is 110 Å². The van der Waals surface area contributed by atoms with Crippen molar-refractivity contribution in [1.82, 2.24) is 0 Å². The topological polar surface area (TPSA) is 6.48 Å². The molecule has 1 heterocycles. The van der Waals surface area contributed by atoms with Gasteiger partial charge in [0.05, 0.1) is 22.8 Å². The summed E-state index contributed by atoms with van der Waals surface area (Å²) in [5.41, 5.74) is 23.7. The summed E-state index contributed by atoms with van der Waals surface area (Å²) in [6.07, 6.45) is 5.80. The maximum atomic E-state index is 2.70. The Morgan fingerprint density at radius 1 is 0.424 bits per heavy atom. The number of hydrogen-bond acceptors (Lipinski definition) is 2. The number of nitrogens with zero attached hydrogens (tertiary/aromatic N) is 2. The van der Waals surface area contributed by atoms with Gasteiger partial charge in [-0.3, -0.25) is 0 Å². The van der Waals surface area contributed by atoms with Crippen LogP contribution in [0.1, 0.15) is 53.6 Å². The molecule has 0 saturated carbocycles. The molecule has 0 aromatic heterocycles. The fourth-order valence-corrected chi connectivity index (χ4v) is 12.2. The summed E-state index contributed by atoms with van der Waals surface area (Å²) >= 11 is 0. The Labute approximate surface area is 388 Å². The van der Waals surface area contributed by atoms with Gasteiger partial charge in [0.2, 0.25) is 0 Å².